The maximum Gasteiger partial charge on any atom is 0.00927 e. The molecule has 1 nitrogen and oxygen atoms in total. The van der Waals surface area contributed by atoms with E-state index < -0.39 is 0 Å². The zero-order valence-electron chi connectivity index (χ0n) is 11.3. The molecule has 0 aromatic heterocycles. The molecule has 0 spiro atoms. The molecule has 2 aliphatic carbocycles. The average molecular weight is 223 g/mol. The first kappa shape index (κ1) is 12.4. The minimum atomic E-state index is 0.768. The fourth-order valence-electron chi connectivity index (χ4n) is 3.91. The third-order valence-corrected chi connectivity index (χ3v) is 4.90. The SMILES string of the molecule is CCCNC(CC1CC2CCC1C2)C(C)C. The van der Waals surface area contributed by atoms with E-state index in [0.29, 0.717) is 0 Å². The highest BCUT2D eigenvalue weighted by atomic mass is 14.9. The molecule has 2 rings (SSSR count). The molecule has 94 valence electrons. The van der Waals surface area contributed by atoms with Crippen LogP contribution in [0.15, 0.2) is 0 Å². The molecule has 0 aliphatic heterocycles. The lowest BCUT2D eigenvalue weighted by molar-refractivity contribution is 0.249. The highest BCUT2D eigenvalue weighted by molar-refractivity contribution is 4.92. The fourth-order valence-corrected chi connectivity index (χ4v) is 3.91. The van der Waals surface area contributed by atoms with Gasteiger partial charge < -0.3 is 5.32 Å². The molecule has 0 aromatic rings. The van der Waals surface area contributed by atoms with Crippen molar-refractivity contribution in [2.75, 3.05) is 6.54 Å². The highest BCUT2D eigenvalue weighted by Gasteiger charge is 2.40. The number of nitrogens with one attached hydrogen (secondary N) is 1. The summed E-state index contributed by atoms with van der Waals surface area (Å²) in [7, 11) is 0. The minimum Gasteiger partial charge on any atom is -0.314 e. The predicted molar refractivity (Wildman–Crippen MR) is 70.5 cm³/mol. The molecule has 1 heteroatoms. The fraction of sp³-hybridized carbons (Fsp3) is 1.00. The average Bonchev–Trinajstić information content (AvgIpc) is 2.85. The Balaban J connectivity index is 1.81. The Kier molecular flexibility index (Phi) is 4.29. The monoisotopic (exact) mass is 223 g/mol. The molecule has 0 heterocycles. The first-order valence-electron chi connectivity index (χ1n) is 7.44. The second-order valence-corrected chi connectivity index (χ2v) is 6.48. The zero-order chi connectivity index (χ0) is 11.5. The van der Waals surface area contributed by atoms with Crippen LogP contribution in [0.5, 0.6) is 0 Å². The van der Waals surface area contributed by atoms with Gasteiger partial charge in [0.05, 0.1) is 0 Å². The van der Waals surface area contributed by atoms with Crippen LogP contribution in [0.2, 0.25) is 0 Å². The number of fused-ring (bicyclic) bond motifs is 2. The van der Waals surface area contributed by atoms with Gasteiger partial charge in [-0.05, 0) is 62.3 Å². The standard InChI is InChI=1S/C15H29N/c1-4-7-16-15(11(2)3)10-14-9-12-5-6-13(14)8-12/h11-16H,4-10H2,1-3H3. The van der Waals surface area contributed by atoms with Crippen molar-refractivity contribution in [3.8, 4) is 0 Å². The summed E-state index contributed by atoms with van der Waals surface area (Å²) in [6.07, 6.45) is 8.88. The number of hydrogen-bond donors (Lipinski definition) is 1. The van der Waals surface area contributed by atoms with E-state index >= 15 is 0 Å². The summed E-state index contributed by atoms with van der Waals surface area (Å²) >= 11 is 0. The van der Waals surface area contributed by atoms with Gasteiger partial charge in [0.15, 0.2) is 0 Å². The van der Waals surface area contributed by atoms with E-state index in [1.165, 1.54) is 32.2 Å². The minimum absolute atomic E-state index is 0.768. The summed E-state index contributed by atoms with van der Waals surface area (Å²) in [4.78, 5) is 0. The summed E-state index contributed by atoms with van der Waals surface area (Å²) in [5.41, 5.74) is 0. The van der Waals surface area contributed by atoms with E-state index in [9.17, 15) is 0 Å². The number of hydrogen-bond acceptors (Lipinski definition) is 1. The van der Waals surface area contributed by atoms with Gasteiger partial charge in [-0.2, -0.15) is 0 Å². The molecule has 0 aromatic carbocycles. The van der Waals surface area contributed by atoms with Gasteiger partial charge in [0, 0.05) is 6.04 Å². The van der Waals surface area contributed by atoms with E-state index in [0.717, 1.165) is 29.7 Å². The Morgan fingerprint density at radius 2 is 2.00 bits per heavy atom. The molecular formula is C15H29N. The van der Waals surface area contributed by atoms with Gasteiger partial charge in [-0.25, -0.2) is 0 Å². The molecule has 4 unspecified atom stereocenters. The van der Waals surface area contributed by atoms with E-state index in [-0.39, 0.29) is 0 Å². The predicted octanol–water partition coefficient (Wildman–Crippen LogP) is 3.84. The van der Waals surface area contributed by atoms with Gasteiger partial charge >= 0.3 is 0 Å². The Hall–Kier alpha value is -0.0400. The summed E-state index contributed by atoms with van der Waals surface area (Å²) in [5.74, 6) is 4.05. The first-order chi connectivity index (χ1) is 7.70. The van der Waals surface area contributed by atoms with E-state index in [4.69, 9.17) is 0 Å². The Bertz CT molecular complexity index is 211. The van der Waals surface area contributed by atoms with Gasteiger partial charge in [-0.3, -0.25) is 0 Å². The van der Waals surface area contributed by atoms with E-state index in [1.807, 2.05) is 0 Å². The lowest BCUT2D eigenvalue weighted by Gasteiger charge is -2.29. The molecule has 1 N–H and O–H groups in total. The summed E-state index contributed by atoms with van der Waals surface area (Å²) in [6.45, 7) is 8.21. The van der Waals surface area contributed by atoms with Crippen LogP contribution in [0.25, 0.3) is 0 Å². The summed E-state index contributed by atoms with van der Waals surface area (Å²) < 4.78 is 0. The molecule has 0 saturated heterocycles. The smallest absolute Gasteiger partial charge is 0.00927 e. The van der Waals surface area contributed by atoms with Crippen molar-refractivity contribution in [1.29, 1.82) is 0 Å². The van der Waals surface area contributed by atoms with Crippen LogP contribution in [0, 0.1) is 23.7 Å². The Morgan fingerprint density at radius 3 is 2.50 bits per heavy atom. The van der Waals surface area contributed by atoms with Crippen LogP contribution in [0.3, 0.4) is 0 Å². The van der Waals surface area contributed by atoms with Gasteiger partial charge in [0.2, 0.25) is 0 Å². The molecule has 2 aliphatic rings. The van der Waals surface area contributed by atoms with Crippen LogP contribution in [0.4, 0.5) is 0 Å². The van der Waals surface area contributed by atoms with Gasteiger partial charge in [0.1, 0.15) is 0 Å². The molecular weight excluding hydrogens is 194 g/mol. The maximum absolute atomic E-state index is 3.76. The third-order valence-electron chi connectivity index (χ3n) is 4.90. The Morgan fingerprint density at radius 1 is 1.19 bits per heavy atom. The van der Waals surface area contributed by atoms with Crippen LogP contribution in [-0.4, -0.2) is 12.6 Å². The zero-order valence-corrected chi connectivity index (χ0v) is 11.3. The lowest BCUT2D eigenvalue weighted by Crippen LogP contribution is -2.37. The van der Waals surface area contributed by atoms with Crippen molar-refractivity contribution in [3.63, 3.8) is 0 Å². The molecule has 0 amide bonds. The largest absolute Gasteiger partial charge is 0.314 e. The van der Waals surface area contributed by atoms with Crippen molar-refractivity contribution in [2.45, 2.75) is 65.3 Å². The van der Waals surface area contributed by atoms with Crippen molar-refractivity contribution in [3.05, 3.63) is 0 Å². The van der Waals surface area contributed by atoms with Crippen LogP contribution in [0.1, 0.15) is 59.3 Å². The maximum atomic E-state index is 3.76. The topological polar surface area (TPSA) is 12.0 Å². The third kappa shape index (κ3) is 2.80. The van der Waals surface area contributed by atoms with Crippen molar-refractivity contribution in [2.24, 2.45) is 23.7 Å². The highest BCUT2D eigenvalue weighted by Crippen LogP contribution is 2.50. The van der Waals surface area contributed by atoms with Gasteiger partial charge in [-0.1, -0.05) is 27.2 Å². The van der Waals surface area contributed by atoms with Gasteiger partial charge in [-0.15, -0.1) is 0 Å². The second kappa shape index (κ2) is 5.53. The molecule has 0 radical (unpaired) electrons. The normalized spacial score (nSPS) is 34.9. The molecule has 2 bridgehead atoms. The van der Waals surface area contributed by atoms with Crippen LogP contribution in [-0.2, 0) is 0 Å². The quantitative estimate of drug-likeness (QED) is 0.721. The summed E-state index contributed by atoms with van der Waals surface area (Å²) in [6, 6.07) is 0.768. The van der Waals surface area contributed by atoms with Gasteiger partial charge in [0.25, 0.3) is 0 Å². The van der Waals surface area contributed by atoms with Crippen molar-refractivity contribution >= 4 is 0 Å². The molecule has 2 saturated carbocycles. The Labute approximate surface area is 101 Å². The van der Waals surface area contributed by atoms with E-state index in [2.05, 4.69) is 26.1 Å². The second-order valence-electron chi connectivity index (χ2n) is 6.48. The molecule has 16 heavy (non-hydrogen) atoms. The number of rotatable bonds is 6. The van der Waals surface area contributed by atoms with E-state index in [1.54, 1.807) is 12.8 Å². The molecule has 4 atom stereocenters. The van der Waals surface area contributed by atoms with Crippen molar-refractivity contribution in [1.82, 2.24) is 5.32 Å². The summed E-state index contributed by atoms with van der Waals surface area (Å²) in [5, 5.41) is 3.76. The van der Waals surface area contributed by atoms with Crippen LogP contribution >= 0.6 is 0 Å². The van der Waals surface area contributed by atoms with Crippen molar-refractivity contribution < 1.29 is 0 Å². The lowest BCUT2D eigenvalue weighted by atomic mass is 9.82. The first-order valence-corrected chi connectivity index (χ1v) is 7.44. The van der Waals surface area contributed by atoms with Crippen LogP contribution < -0.4 is 5.32 Å². The molecule has 2 fully saturated rings.